The maximum absolute atomic E-state index is 4.61. The molecule has 4 aromatic carbocycles. The first-order chi connectivity index (χ1) is 15.7. The fourth-order valence-electron chi connectivity index (χ4n) is 4.86. The summed E-state index contributed by atoms with van der Waals surface area (Å²) in [4.78, 5) is 4.61. The van der Waals surface area contributed by atoms with E-state index in [0.717, 1.165) is 9.10 Å². The van der Waals surface area contributed by atoms with Gasteiger partial charge in [0.05, 0.1) is 0 Å². The third-order valence-corrected chi connectivity index (χ3v) is 7.13. The summed E-state index contributed by atoms with van der Waals surface area (Å²) in [6.07, 6.45) is 0. The molecule has 150 valence electrons. The van der Waals surface area contributed by atoms with Gasteiger partial charge < -0.3 is 0 Å². The molecule has 2 radical (unpaired) electrons. The van der Waals surface area contributed by atoms with Gasteiger partial charge >= 0.3 is 204 Å². The minimum absolute atomic E-state index is 1.08. The Hall–Kier alpha value is -3.09. The molecule has 1 aromatic heterocycles. The van der Waals surface area contributed by atoms with Crippen LogP contribution < -0.4 is 3.40 Å². The fraction of sp³-hybridized carbons (Fsp3) is 0.0333. The van der Waals surface area contributed by atoms with E-state index in [0.29, 0.717) is 0 Å². The van der Waals surface area contributed by atoms with Gasteiger partial charge in [0, 0.05) is 0 Å². The van der Waals surface area contributed by atoms with Crippen molar-refractivity contribution in [3.05, 3.63) is 109 Å². The van der Waals surface area contributed by atoms with Crippen LogP contribution in [0, 0.1) is 6.92 Å². The van der Waals surface area contributed by atoms with Gasteiger partial charge in [-0.2, -0.15) is 0 Å². The first-order valence-electron chi connectivity index (χ1n) is 10.8. The molecular formula is C30H20BiN. The van der Waals surface area contributed by atoms with Gasteiger partial charge in [-0.1, -0.05) is 0 Å². The van der Waals surface area contributed by atoms with E-state index in [2.05, 4.69) is 115 Å². The number of aromatic nitrogens is 1. The summed E-state index contributed by atoms with van der Waals surface area (Å²) in [6, 6.07) is 37.7. The van der Waals surface area contributed by atoms with Crippen LogP contribution in [0.4, 0.5) is 0 Å². The number of hydrogen-bond acceptors (Lipinski definition) is 1. The third kappa shape index (κ3) is 3.22. The molecule has 0 amide bonds. The Morgan fingerprint density at radius 3 is 1.38 bits per heavy atom. The van der Waals surface area contributed by atoms with Crippen molar-refractivity contribution in [2.75, 3.05) is 0 Å². The number of rotatable bonds is 1. The van der Waals surface area contributed by atoms with E-state index in [1.807, 2.05) is 0 Å². The van der Waals surface area contributed by atoms with Crippen molar-refractivity contribution in [2.24, 2.45) is 0 Å². The van der Waals surface area contributed by atoms with E-state index < -0.39 is 0 Å². The van der Waals surface area contributed by atoms with Crippen LogP contribution >= 0.6 is 0 Å². The van der Waals surface area contributed by atoms with Gasteiger partial charge in [-0.05, 0) is 0 Å². The van der Waals surface area contributed by atoms with Gasteiger partial charge in [0.1, 0.15) is 0 Å². The van der Waals surface area contributed by atoms with E-state index >= 15 is 0 Å². The summed E-state index contributed by atoms with van der Waals surface area (Å²) >= 11 is 1.17. The Balaban J connectivity index is 1.71. The van der Waals surface area contributed by atoms with Gasteiger partial charge in [0.25, 0.3) is 0 Å². The van der Waals surface area contributed by atoms with Crippen LogP contribution in [0.2, 0.25) is 0 Å². The summed E-state index contributed by atoms with van der Waals surface area (Å²) in [5.41, 5.74) is 13.8. The summed E-state index contributed by atoms with van der Waals surface area (Å²) in [5, 5.41) is 0. The second kappa shape index (κ2) is 7.80. The molecule has 0 saturated heterocycles. The zero-order chi connectivity index (χ0) is 21.7. The standard InChI is InChI=1S/C30H20N.Bi/c1-20-18-22(16-17-31-20)21-14-15-29-27-12-5-4-10-25(27)23-8-2-3-9-24(23)26-11-6-7-13-28(26)30(29)19-21;/h2-16,18-19H,1H3;. The Morgan fingerprint density at radius 2 is 0.906 bits per heavy atom. The van der Waals surface area contributed by atoms with E-state index in [4.69, 9.17) is 0 Å². The zero-order valence-electron chi connectivity index (χ0n) is 17.7. The Labute approximate surface area is 203 Å². The predicted molar refractivity (Wildman–Crippen MR) is 135 cm³/mol. The van der Waals surface area contributed by atoms with Gasteiger partial charge in [0.15, 0.2) is 0 Å². The van der Waals surface area contributed by atoms with Gasteiger partial charge in [-0.15, -0.1) is 0 Å². The van der Waals surface area contributed by atoms with Crippen molar-refractivity contribution in [3.8, 4) is 55.6 Å². The monoisotopic (exact) mass is 603 g/mol. The number of aryl methyl sites for hydroxylation is 1. The molecule has 1 aliphatic carbocycles. The molecule has 2 heteroatoms. The molecule has 0 atom stereocenters. The van der Waals surface area contributed by atoms with Crippen LogP contribution in [0.5, 0.6) is 0 Å². The molecule has 1 nitrogen and oxygen atoms in total. The zero-order valence-corrected chi connectivity index (χ0v) is 21.2. The van der Waals surface area contributed by atoms with E-state index in [-0.39, 0.29) is 0 Å². The molecular weight excluding hydrogens is 583 g/mol. The Bertz CT molecular complexity index is 1470. The summed E-state index contributed by atoms with van der Waals surface area (Å²) in [6.45, 7) is 2.08. The number of benzene rings is 4. The van der Waals surface area contributed by atoms with Gasteiger partial charge in [0.2, 0.25) is 0 Å². The Kier molecular flexibility index (Phi) is 4.77. The van der Waals surface area contributed by atoms with E-state index in [1.165, 1.54) is 80.4 Å². The van der Waals surface area contributed by atoms with Crippen molar-refractivity contribution in [3.63, 3.8) is 0 Å². The van der Waals surface area contributed by atoms with Crippen molar-refractivity contribution in [1.29, 1.82) is 0 Å². The summed E-state index contributed by atoms with van der Waals surface area (Å²) in [5.74, 6) is 0. The third-order valence-electron chi connectivity index (χ3n) is 6.23. The predicted octanol–water partition coefficient (Wildman–Crippen LogP) is 6.83. The molecule has 0 spiro atoms. The van der Waals surface area contributed by atoms with Crippen molar-refractivity contribution in [1.82, 2.24) is 4.98 Å². The number of nitrogens with zero attached hydrogens (tertiary/aromatic N) is 1. The molecule has 0 saturated carbocycles. The summed E-state index contributed by atoms with van der Waals surface area (Å²) < 4.78 is 1.16. The first kappa shape index (κ1) is 19.6. The van der Waals surface area contributed by atoms with E-state index in [9.17, 15) is 0 Å². The van der Waals surface area contributed by atoms with Gasteiger partial charge in [-0.25, -0.2) is 0 Å². The molecule has 0 bridgehead atoms. The number of hydrogen-bond donors (Lipinski definition) is 0. The maximum atomic E-state index is 4.61. The molecule has 0 aliphatic heterocycles. The SMILES string of the molecule is Cc1cc(-c2ccc3c(c2)-c2ccccc2-c2ccccc2-c2ccccc2-3)c[c]([Bi])n1. The van der Waals surface area contributed by atoms with Crippen LogP contribution in [0.25, 0.3) is 55.6 Å². The molecule has 1 heterocycles. The summed E-state index contributed by atoms with van der Waals surface area (Å²) in [7, 11) is 0. The quantitative estimate of drug-likeness (QED) is 0.188. The van der Waals surface area contributed by atoms with E-state index in [1.54, 1.807) is 0 Å². The van der Waals surface area contributed by atoms with Crippen molar-refractivity contribution in [2.45, 2.75) is 6.92 Å². The average Bonchev–Trinajstić information content (AvgIpc) is 2.82. The first-order valence-corrected chi connectivity index (χ1v) is 12.5. The average molecular weight is 603 g/mol. The van der Waals surface area contributed by atoms with Gasteiger partial charge in [-0.3, -0.25) is 0 Å². The topological polar surface area (TPSA) is 12.9 Å². The van der Waals surface area contributed by atoms with Crippen LogP contribution in [0.3, 0.4) is 0 Å². The normalized spacial score (nSPS) is 11.4. The molecule has 32 heavy (non-hydrogen) atoms. The minimum atomic E-state index is 1.08. The number of fused-ring (bicyclic) bond motifs is 8. The molecule has 0 N–H and O–H groups in total. The van der Waals surface area contributed by atoms with Crippen LogP contribution in [0.1, 0.15) is 5.69 Å². The Morgan fingerprint density at radius 1 is 0.469 bits per heavy atom. The van der Waals surface area contributed by atoms with Crippen molar-refractivity contribution < 1.29 is 0 Å². The van der Waals surface area contributed by atoms with Crippen LogP contribution in [-0.2, 0) is 0 Å². The molecule has 1 aliphatic rings. The molecule has 0 fully saturated rings. The number of pyridine rings is 1. The van der Waals surface area contributed by atoms with Crippen molar-refractivity contribution >= 4 is 28.1 Å². The molecule has 0 unspecified atom stereocenters. The molecule has 6 rings (SSSR count). The fourth-order valence-corrected chi connectivity index (χ4v) is 6.01. The second-order valence-electron chi connectivity index (χ2n) is 8.25. The van der Waals surface area contributed by atoms with Crippen LogP contribution in [0.15, 0.2) is 103 Å². The van der Waals surface area contributed by atoms with Crippen LogP contribution in [-0.4, -0.2) is 29.7 Å². The second-order valence-corrected chi connectivity index (χ2v) is 10.0. The molecule has 5 aromatic rings.